The normalized spacial score (nSPS) is 30.0. The number of rotatable bonds is 1. The zero-order chi connectivity index (χ0) is 10.3. The summed E-state index contributed by atoms with van der Waals surface area (Å²) in [5.74, 6) is -0.707. The molecule has 1 aromatic rings. The third kappa shape index (κ3) is 1.06. The molecule has 1 aromatic carbocycles. The van der Waals surface area contributed by atoms with E-state index in [2.05, 4.69) is 0 Å². The van der Waals surface area contributed by atoms with Gasteiger partial charge in [0.1, 0.15) is 5.54 Å². The topological polar surface area (TPSA) is 63.3 Å². The van der Waals surface area contributed by atoms with Gasteiger partial charge >= 0.3 is 5.97 Å². The Morgan fingerprint density at radius 1 is 1.57 bits per heavy atom. The van der Waals surface area contributed by atoms with E-state index in [1.807, 2.05) is 31.2 Å². The van der Waals surface area contributed by atoms with Crippen LogP contribution in [-0.4, -0.2) is 11.1 Å². The minimum Gasteiger partial charge on any atom is -0.480 e. The van der Waals surface area contributed by atoms with Crippen LogP contribution in [0.25, 0.3) is 0 Å². The summed E-state index contributed by atoms with van der Waals surface area (Å²) in [7, 11) is 0. The molecule has 0 amide bonds. The maximum absolute atomic E-state index is 11.1. The van der Waals surface area contributed by atoms with E-state index in [-0.39, 0.29) is 5.92 Å². The molecule has 2 rings (SSSR count). The van der Waals surface area contributed by atoms with Gasteiger partial charge in [-0.2, -0.15) is 0 Å². The zero-order valence-electron chi connectivity index (χ0n) is 8.03. The molecule has 14 heavy (non-hydrogen) atoms. The molecule has 1 aliphatic rings. The molecule has 3 heteroatoms. The van der Waals surface area contributed by atoms with Crippen molar-refractivity contribution in [1.82, 2.24) is 0 Å². The Morgan fingerprint density at radius 3 is 2.86 bits per heavy atom. The number of carbonyl (C=O) groups is 1. The van der Waals surface area contributed by atoms with Gasteiger partial charge in [-0.15, -0.1) is 0 Å². The fourth-order valence-electron chi connectivity index (χ4n) is 2.24. The molecule has 74 valence electrons. The third-order valence-electron chi connectivity index (χ3n) is 2.98. The molecule has 3 nitrogen and oxygen atoms in total. The van der Waals surface area contributed by atoms with Crippen LogP contribution in [0.2, 0.25) is 0 Å². The van der Waals surface area contributed by atoms with Crippen molar-refractivity contribution in [2.45, 2.75) is 24.8 Å². The monoisotopic (exact) mass is 191 g/mol. The number of nitrogens with two attached hydrogens (primary N) is 1. The van der Waals surface area contributed by atoms with Crippen molar-refractivity contribution in [2.24, 2.45) is 5.73 Å². The maximum Gasteiger partial charge on any atom is 0.328 e. The quantitative estimate of drug-likeness (QED) is 0.705. The van der Waals surface area contributed by atoms with Gasteiger partial charge in [0.05, 0.1) is 0 Å². The Hall–Kier alpha value is -1.35. The number of aliphatic carboxylic acids is 1. The predicted octanol–water partition coefficient (Wildman–Crippen LogP) is 1.43. The Bertz CT molecular complexity index is 389. The smallest absolute Gasteiger partial charge is 0.328 e. The SMILES string of the molecule is CC1CC(N)(C(=O)O)c2ccccc21. The second-order valence-electron chi connectivity index (χ2n) is 3.97. The summed E-state index contributed by atoms with van der Waals surface area (Å²) in [4.78, 5) is 11.1. The molecule has 0 fully saturated rings. The predicted molar refractivity (Wildman–Crippen MR) is 53.0 cm³/mol. The maximum atomic E-state index is 11.1. The van der Waals surface area contributed by atoms with E-state index in [4.69, 9.17) is 10.8 Å². The number of hydrogen-bond donors (Lipinski definition) is 2. The van der Waals surface area contributed by atoms with E-state index in [1.54, 1.807) is 0 Å². The molecule has 2 atom stereocenters. The first-order chi connectivity index (χ1) is 6.55. The Labute approximate surface area is 82.5 Å². The van der Waals surface area contributed by atoms with Crippen LogP contribution in [0.15, 0.2) is 24.3 Å². The van der Waals surface area contributed by atoms with Crippen LogP contribution in [0, 0.1) is 0 Å². The third-order valence-corrected chi connectivity index (χ3v) is 2.98. The fraction of sp³-hybridized carbons (Fsp3) is 0.364. The summed E-state index contributed by atoms with van der Waals surface area (Å²) in [5, 5.41) is 9.11. The highest BCUT2D eigenvalue weighted by molar-refractivity contribution is 5.82. The Balaban J connectivity index is 2.59. The highest BCUT2D eigenvalue weighted by atomic mass is 16.4. The number of carboxylic acids is 1. The van der Waals surface area contributed by atoms with Crippen LogP contribution in [0.3, 0.4) is 0 Å². The van der Waals surface area contributed by atoms with Gasteiger partial charge in [0.25, 0.3) is 0 Å². The van der Waals surface area contributed by atoms with E-state index in [0.717, 1.165) is 11.1 Å². The van der Waals surface area contributed by atoms with Gasteiger partial charge in [-0.3, -0.25) is 0 Å². The highest BCUT2D eigenvalue weighted by Crippen LogP contribution is 2.42. The van der Waals surface area contributed by atoms with Crippen molar-refractivity contribution in [1.29, 1.82) is 0 Å². The molecule has 0 saturated carbocycles. The molecule has 0 spiro atoms. The number of hydrogen-bond acceptors (Lipinski definition) is 2. The molecule has 0 saturated heterocycles. The van der Waals surface area contributed by atoms with Gasteiger partial charge in [-0.25, -0.2) is 4.79 Å². The molecule has 0 aromatic heterocycles. The summed E-state index contributed by atoms with van der Waals surface area (Å²) in [6.07, 6.45) is 0.488. The number of fused-ring (bicyclic) bond motifs is 1. The van der Waals surface area contributed by atoms with E-state index in [1.165, 1.54) is 0 Å². The molecular weight excluding hydrogens is 178 g/mol. The number of benzene rings is 1. The van der Waals surface area contributed by atoms with E-state index in [0.29, 0.717) is 6.42 Å². The molecule has 0 radical (unpaired) electrons. The lowest BCUT2D eigenvalue weighted by molar-refractivity contribution is -0.143. The molecule has 0 bridgehead atoms. The minimum atomic E-state index is -1.18. The Morgan fingerprint density at radius 2 is 2.21 bits per heavy atom. The van der Waals surface area contributed by atoms with Gasteiger partial charge in [0, 0.05) is 0 Å². The summed E-state index contributed by atoms with van der Waals surface area (Å²) < 4.78 is 0. The summed E-state index contributed by atoms with van der Waals surface area (Å²) >= 11 is 0. The van der Waals surface area contributed by atoms with Crippen molar-refractivity contribution in [3.8, 4) is 0 Å². The van der Waals surface area contributed by atoms with Gasteiger partial charge in [-0.1, -0.05) is 31.2 Å². The van der Waals surface area contributed by atoms with E-state index >= 15 is 0 Å². The van der Waals surface area contributed by atoms with Crippen molar-refractivity contribution < 1.29 is 9.90 Å². The second kappa shape index (κ2) is 2.82. The van der Waals surface area contributed by atoms with Gasteiger partial charge in [-0.05, 0) is 23.5 Å². The lowest BCUT2D eigenvalue weighted by Gasteiger charge is -2.19. The van der Waals surface area contributed by atoms with Crippen LogP contribution in [0.4, 0.5) is 0 Å². The lowest BCUT2D eigenvalue weighted by atomic mass is 9.93. The van der Waals surface area contributed by atoms with Crippen molar-refractivity contribution in [2.75, 3.05) is 0 Å². The van der Waals surface area contributed by atoms with Crippen LogP contribution >= 0.6 is 0 Å². The average molecular weight is 191 g/mol. The average Bonchev–Trinajstić information content (AvgIpc) is 2.42. The van der Waals surface area contributed by atoms with Crippen LogP contribution in [-0.2, 0) is 10.3 Å². The van der Waals surface area contributed by atoms with E-state index in [9.17, 15) is 4.79 Å². The second-order valence-corrected chi connectivity index (χ2v) is 3.97. The summed E-state index contributed by atoms with van der Waals surface area (Å²) in [6.45, 7) is 2.01. The lowest BCUT2D eigenvalue weighted by Crippen LogP contribution is -2.42. The molecule has 1 aliphatic carbocycles. The largest absolute Gasteiger partial charge is 0.480 e. The summed E-state index contributed by atoms with van der Waals surface area (Å²) in [6, 6.07) is 7.52. The van der Waals surface area contributed by atoms with E-state index < -0.39 is 11.5 Å². The fourth-order valence-corrected chi connectivity index (χ4v) is 2.24. The van der Waals surface area contributed by atoms with Crippen LogP contribution < -0.4 is 5.73 Å². The standard InChI is InChI=1S/C11H13NO2/c1-7-6-11(12,10(13)14)9-5-3-2-4-8(7)9/h2-5,7H,6,12H2,1H3,(H,13,14). The molecule has 2 unspecified atom stereocenters. The van der Waals surface area contributed by atoms with Crippen molar-refractivity contribution >= 4 is 5.97 Å². The van der Waals surface area contributed by atoms with Crippen LogP contribution in [0.5, 0.6) is 0 Å². The highest BCUT2D eigenvalue weighted by Gasteiger charge is 2.44. The van der Waals surface area contributed by atoms with Crippen LogP contribution in [0.1, 0.15) is 30.4 Å². The summed E-state index contributed by atoms with van der Waals surface area (Å²) in [5.41, 5.74) is 6.55. The zero-order valence-corrected chi connectivity index (χ0v) is 8.03. The molecule has 0 aliphatic heterocycles. The van der Waals surface area contributed by atoms with Crippen molar-refractivity contribution in [3.05, 3.63) is 35.4 Å². The molecule has 0 heterocycles. The molecule has 3 N–H and O–H groups in total. The number of carboxylic acid groups (broad SMARTS) is 1. The molecular formula is C11H13NO2. The first-order valence-corrected chi connectivity index (χ1v) is 4.67. The van der Waals surface area contributed by atoms with Crippen molar-refractivity contribution in [3.63, 3.8) is 0 Å². The first kappa shape index (κ1) is 9.21. The first-order valence-electron chi connectivity index (χ1n) is 4.67. The minimum absolute atomic E-state index is 0.229. The van der Waals surface area contributed by atoms with Gasteiger partial charge in [0.2, 0.25) is 0 Å². The Kier molecular flexibility index (Phi) is 1.86. The van der Waals surface area contributed by atoms with Gasteiger partial charge < -0.3 is 10.8 Å². The van der Waals surface area contributed by atoms with Gasteiger partial charge in [0.15, 0.2) is 0 Å².